The lowest BCUT2D eigenvalue weighted by Crippen LogP contribution is -2.25. The van der Waals surface area contributed by atoms with Crippen molar-refractivity contribution in [3.8, 4) is 0 Å². The number of pyridine rings is 1. The molecule has 6 nitrogen and oxygen atoms in total. The van der Waals surface area contributed by atoms with E-state index in [1.54, 1.807) is 12.3 Å². The SMILES string of the molecule is CCN(CC)CCCC(C)Nc1ccncc1[N+](=O)[O-]. The van der Waals surface area contributed by atoms with Crippen molar-refractivity contribution in [2.75, 3.05) is 25.0 Å². The smallest absolute Gasteiger partial charge is 0.310 e. The minimum atomic E-state index is -0.405. The van der Waals surface area contributed by atoms with Crippen LogP contribution in [0.5, 0.6) is 0 Å². The Bertz CT molecular complexity index is 421. The lowest BCUT2D eigenvalue weighted by Gasteiger charge is -2.20. The van der Waals surface area contributed by atoms with Crippen LogP contribution in [0.1, 0.15) is 33.6 Å². The summed E-state index contributed by atoms with van der Waals surface area (Å²) >= 11 is 0. The fourth-order valence-corrected chi connectivity index (χ4v) is 2.15. The third-order valence-corrected chi connectivity index (χ3v) is 3.40. The van der Waals surface area contributed by atoms with Crippen molar-refractivity contribution in [3.63, 3.8) is 0 Å². The third-order valence-electron chi connectivity index (χ3n) is 3.40. The van der Waals surface area contributed by atoms with Crippen LogP contribution in [-0.4, -0.2) is 40.5 Å². The van der Waals surface area contributed by atoms with Crippen LogP contribution in [0.15, 0.2) is 18.5 Å². The topological polar surface area (TPSA) is 71.3 Å². The molecule has 1 unspecified atom stereocenters. The first-order chi connectivity index (χ1) is 9.58. The normalized spacial score (nSPS) is 12.4. The summed E-state index contributed by atoms with van der Waals surface area (Å²) in [5.74, 6) is 0. The van der Waals surface area contributed by atoms with Gasteiger partial charge in [-0.25, -0.2) is 0 Å². The second-order valence-corrected chi connectivity index (χ2v) is 4.86. The van der Waals surface area contributed by atoms with Gasteiger partial charge >= 0.3 is 5.69 Å². The van der Waals surface area contributed by atoms with Crippen molar-refractivity contribution in [3.05, 3.63) is 28.6 Å². The zero-order valence-corrected chi connectivity index (χ0v) is 12.5. The molecule has 0 fully saturated rings. The molecule has 0 radical (unpaired) electrons. The van der Waals surface area contributed by atoms with Gasteiger partial charge in [-0.3, -0.25) is 15.1 Å². The lowest BCUT2D eigenvalue weighted by molar-refractivity contribution is -0.384. The lowest BCUT2D eigenvalue weighted by atomic mass is 10.1. The first-order valence-corrected chi connectivity index (χ1v) is 7.15. The Balaban J connectivity index is 2.46. The molecule has 1 atom stereocenters. The van der Waals surface area contributed by atoms with E-state index in [-0.39, 0.29) is 11.7 Å². The number of nitrogens with zero attached hydrogens (tertiary/aromatic N) is 3. The summed E-state index contributed by atoms with van der Waals surface area (Å²) in [7, 11) is 0. The standard InChI is InChI=1S/C14H24N4O2/c1-4-17(5-2)10-6-7-12(3)16-13-8-9-15-11-14(13)18(19)20/h8-9,11-12H,4-7,10H2,1-3H3,(H,15,16). The summed E-state index contributed by atoms with van der Waals surface area (Å²) < 4.78 is 0. The highest BCUT2D eigenvalue weighted by molar-refractivity contribution is 5.59. The van der Waals surface area contributed by atoms with Gasteiger partial charge in [0.15, 0.2) is 0 Å². The highest BCUT2D eigenvalue weighted by Crippen LogP contribution is 2.23. The summed E-state index contributed by atoms with van der Waals surface area (Å²) in [6, 6.07) is 1.85. The van der Waals surface area contributed by atoms with Crippen LogP contribution in [0.2, 0.25) is 0 Å². The predicted molar refractivity (Wildman–Crippen MR) is 81.0 cm³/mol. The number of nitrogens with one attached hydrogen (secondary N) is 1. The van der Waals surface area contributed by atoms with Crippen LogP contribution < -0.4 is 5.32 Å². The summed E-state index contributed by atoms with van der Waals surface area (Å²) in [6.45, 7) is 9.56. The molecule has 0 aromatic carbocycles. The van der Waals surface area contributed by atoms with Gasteiger partial charge in [-0.2, -0.15) is 0 Å². The molecule has 0 aliphatic rings. The maximum atomic E-state index is 10.9. The number of aromatic nitrogens is 1. The Kier molecular flexibility index (Phi) is 6.93. The monoisotopic (exact) mass is 280 g/mol. The molecule has 6 heteroatoms. The van der Waals surface area contributed by atoms with Gasteiger partial charge in [0.25, 0.3) is 0 Å². The van der Waals surface area contributed by atoms with Gasteiger partial charge in [0, 0.05) is 12.2 Å². The Hall–Kier alpha value is -1.69. The molecule has 0 amide bonds. The average molecular weight is 280 g/mol. The van der Waals surface area contributed by atoms with E-state index in [2.05, 4.69) is 29.0 Å². The average Bonchev–Trinajstić information content (AvgIpc) is 2.44. The van der Waals surface area contributed by atoms with E-state index >= 15 is 0 Å². The van der Waals surface area contributed by atoms with Crippen LogP contribution >= 0.6 is 0 Å². The van der Waals surface area contributed by atoms with Crippen LogP contribution in [0, 0.1) is 10.1 Å². The van der Waals surface area contributed by atoms with Crippen LogP contribution in [0.25, 0.3) is 0 Å². The van der Waals surface area contributed by atoms with Crippen molar-refractivity contribution in [2.24, 2.45) is 0 Å². The van der Waals surface area contributed by atoms with E-state index in [0.29, 0.717) is 5.69 Å². The quantitative estimate of drug-likeness (QED) is 0.556. The van der Waals surface area contributed by atoms with E-state index in [0.717, 1.165) is 32.5 Å². The number of nitro groups is 1. The second kappa shape index (κ2) is 8.47. The minimum absolute atomic E-state index is 0.0306. The molecule has 0 saturated carbocycles. The molecule has 0 aliphatic carbocycles. The molecule has 0 aliphatic heterocycles. The van der Waals surface area contributed by atoms with Gasteiger partial charge in [0.1, 0.15) is 11.9 Å². The molecule has 1 heterocycles. The van der Waals surface area contributed by atoms with Crippen molar-refractivity contribution >= 4 is 11.4 Å². The second-order valence-electron chi connectivity index (χ2n) is 4.86. The zero-order chi connectivity index (χ0) is 15.0. The fourth-order valence-electron chi connectivity index (χ4n) is 2.15. The highest BCUT2D eigenvalue weighted by Gasteiger charge is 2.14. The van der Waals surface area contributed by atoms with Crippen molar-refractivity contribution in [1.82, 2.24) is 9.88 Å². The van der Waals surface area contributed by atoms with Crippen molar-refractivity contribution in [1.29, 1.82) is 0 Å². The molecule has 1 aromatic heterocycles. The highest BCUT2D eigenvalue weighted by atomic mass is 16.6. The van der Waals surface area contributed by atoms with Gasteiger partial charge in [0.05, 0.1) is 4.92 Å². The van der Waals surface area contributed by atoms with E-state index < -0.39 is 4.92 Å². The van der Waals surface area contributed by atoms with E-state index in [1.807, 2.05) is 6.92 Å². The summed E-state index contributed by atoms with van der Waals surface area (Å²) in [5, 5.41) is 14.1. The summed E-state index contributed by atoms with van der Waals surface area (Å²) in [4.78, 5) is 16.7. The molecule has 0 spiro atoms. The van der Waals surface area contributed by atoms with Gasteiger partial charge in [-0.1, -0.05) is 13.8 Å². The molecule has 1 N–H and O–H groups in total. The molecular formula is C14H24N4O2. The van der Waals surface area contributed by atoms with E-state index in [1.165, 1.54) is 6.20 Å². The van der Waals surface area contributed by atoms with Gasteiger partial charge in [0.2, 0.25) is 0 Å². The molecule has 20 heavy (non-hydrogen) atoms. The van der Waals surface area contributed by atoms with Crippen LogP contribution in [0.4, 0.5) is 11.4 Å². The predicted octanol–water partition coefficient (Wildman–Crippen LogP) is 2.91. The molecule has 112 valence electrons. The Morgan fingerprint density at radius 2 is 2.15 bits per heavy atom. The molecule has 0 saturated heterocycles. The van der Waals surface area contributed by atoms with Gasteiger partial charge in [-0.05, 0) is 45.5 Å². The maximum absolute atomic E-state index is 10.9. The van der Waals surface area contributed by atoms with Crippen molar-refractivity contribution in [2.45, 2.75) is 39.7 Å². The zero-order valence-electron chi connectivity index (χ0n) is 12.5. The Labute approximate surface area is 120 Å². The molecule has 1 aromatic rings. The number of hydrogen-bond acceptors (Lipinski definition) is 5. The fraction of sp³-hybridized carbons (Fsp3) is 0.643. The van der Waals surface area contributed by atoms with Gasteiger partial charge in [-0.15, -0.1) is 0 Å². The van der Waals surface area contributed by atoms with Gasteiger partial charge < -0.3 is 10.2 Å². The Morgan fingerprint density at radius 1 is 1.45 bits per heavy atom. The van der Waals surface area contributed by atoms with Crippen LogP contribution in [0.3, 0.4) is 0 Å². The van der Waals surface area contributed by atoms with Crippen LogP contribution in [-0.2, 0) is 0 Å². The first kappa shape index (κ1) is 16.4. The minimum Gasteiger partial charge on any atom is -0.377 e. The number of anilines is 1. The van der Waals surface area contributed by atoms with E-state index in [4.69, 9.17) is 0 Å². The molecule has 1 rings (SSSR count). The maximum Gasteiger partial charge on any atom is 0.310 e. The summed E-state index contributed by atoms with van der Waals surface area (Å²) in [6.07, 6.45) is 4.91. The van der Waals surface area contributed by atoms with E-state index in [9.17, 15) is 10.1 Å². The number of rotatable bonds is 9. The molecular weight excluding hydrogens is 256 g/mol. The molecule has 0 bridgehead atoms. The third kappa shape index (κ3) is 5.13. The van der Waals surface area contributed by atoms with Crippen molar-refractivity contribution < 1.29 is 4.92 Å². The first-order valence-electron chi connectivity index (χ1n) is 7.15. The Morgan fingerprint density at radius 3 is 2.75 bits per heavy atom. The summed E-state index contributed by atoms with van der Waals surface area (Å²) in [5.41, 5.74) is 0.573. The number of hydrogen-bond donors (Lipinski definition) is 1. The largest absolute Gasteiger partial charge is 0.377 e.